The molecule has 1 amide bonds. The van der Waals surface area contributed by atoms with Gasteiger partial charge in [0.15, 0.2) is 5.16 Å². The quantitative estimate of drug-likeness (QED) is 0.869. The van der Waals surface area contributed by atoms with Gasteiger partial charge in [-0.3, -0.25) is 14.2 Å². The number of thioether (sulfide) groups is 1. The average Bonchev–Trinajstić information content (AvgIpc) is 3.17. The Morgan fingerprint density at radius 3 is 3.04 bits per heavy atom. The lowest BCUT2D eigenvalue weighted by Gasteiger charge is -2.14. The largest absolute Gasteiger partial charge is 0.324 e. The number of aryl methyl sites for hydroxylation is 1. The monoisotopic (exact) mass is 345 g/mol. The Morgan fingerprint density at radius 2 is 2.21 bits per heavy atom. The third-order valence-corrected chi connectivity index (χ3v) is 5.54. The lowest BCUT2D eigenvalue weighted by atomic mass is 10.2. The third-order valence-electron chi connectivity index (χ3n) is 4.44. The minimum absolute atomic E-state index is 0.0128. The molecule has 24 heavy (non-hydrogen) atoms. The van der Waals surface area contributed by atoms with E-state index in [0.717, 1.165) is 30.5 Å². The Kier molecular flexibility index (Phi) is 3.88. The molecule has 1 unspecified atom stereocenters. The lowest BCUT2D eigenvalue weighted by Crippen LogP contribution is -2.30. The van der Waals surface area contributed by atoms with Crippen LogP contribution in [0.25, 0.3) is 0 Å². The number of anilines is 1. The van der Waals surface area contributed by atoms with E-state index in [1.807, 2.05) is 0 Å². The number of nitrogens with one attached hydrogen (secondary N) is 1. The van der Waals surface area contributed by atoms with E-state index in [1.54, 1.807) is 16.7 Å². The molecule has 1 aromatic carbocycles. The summed E-state index contributed by atoms with van der Waals surface area (Å²) in [5.74, 6) is -0.134. The summed E-state index contributed by atoms with van der Waals surface area (Å²) in [6.45, 7) is 0. The Hall–Kier alpha value is -2.15. The molecule has 0 radical (unpaired) electrons. The second-order valence-electron chi connectivity index (χ2n) is 6.05. The molecule has 7 heteroatoms. The van der Waals surface area contributed by atoms with Gasteiger partial charge in [0.05, 0.1) is 17.4 Å². The smallest absolute Gasteiger partial charge is 0.257 e. The second-order valence-corrected chi connectivity index (χ2v) is 7.03. The van der Waals surface area contributed by atoms with Gasteiger partial charge in [-0.25, -0.2) is 9.37 Å². The van der Waals surface area contributed by atoms with Gasteiger partial charge in [-0.2, -0.15) is 0 Å². The fourth-order valence-electron chi connectivity index (χ4n) is 3.28. The number of carbonyl (C=O) groups is 1. The molecule has 1 aliphatic heterocycles. The van der Waals surface area contributed by atoms with Crippen molar-refractivity contribution in [3.05, 3.63) is 51.7 Å². The molecule has 1 atom stereocenters. The van der Waals surface area contributed by atoms with Gasteiger partial charge in [0.1, 0.15) is 5.82 Å². The molecule has 0 fully saturated rings. The number of halogens is 1. The van der Waals surface area contributed by atoms with Crippen LogP contribution in [0.2, 0.25) is 0 Å². The normalized spacial score (nSPS) is 18.3. The molecule has 2 aromatic rings. The standard InChI is InChI=1S/C17H16FN3O2S/c18-12-5-1-2-6-14(12)19-15(22)8-10-9-24-17-20-13-7-3-4-11(13)16(23)21(10)17/h1-2,5-6,10H,3-4,7-9H2,(H,19,22). The summed E-state index contributed by atoms with van der Waals surface area (Å²) < 4.78 is 15.3. The van der Waals surface area contributed by atoms with Crippen molar-refractivity contribution in [2.24, 2.45) is 0 Å². The Labute approximate surface area is 142 Å². The number of aromatic nitrogens is 2. The number of para-hydroxylation sites is 1. The van der Waals surface area contributed by atoms with Crippen LogP contribution in [0.3, 0.4) is 0 Å². The van der Waals surface area contributed by atoms with Crippen molar-refractivity contribution in [1.29, 1.82) is 0 Å². The molecule has 0 bridgehead atoms. The van der Waals surface area contributed by atoms with E-state index in [-0.39, 0.29) is 29.6 Å². The molecular weight excluding hydrogens is 329 g/mol. The van der Waals surface area contributed by atoms with E-state index < -0.39 is 5.82 Å². The maximum absolute atomic E-state index is 13.6. The van der Waals surface area contributed by atoms with E-state index in [4.69, 9.17) is 0 Å². The highest BCUT2D eigenvalue weighted by molar-refractivity contribution is 7.99. The van der Waals surface area contributed by atoms with E-state index in [2.05, 4.69) is 10.3 Å². The van der Waals surface area contributed by atoms with Gasteiger partial charge in [-0.1, -0.05) is 23.9 Å². The first kappa shape index (κ1) is 15.4. The highest BCUT2D eigenvalue weighted by Gasteiger charge is 2.31. The van der Waals surface area contributed by atoms with E-state index >= 15 is 0 Å². The van der Waals surface area contributed by atoms with Gasteiger partial charge in [0, 0.05) is 17.7 Å². The highest BCUT2D eigenvalue weighted by atomic mass is 32.2. The molecule has 4 rings (SSSR count). The number of hydrogen-bond acceptors (Lipinski definition) is 4. The molecular formula is C17H16FN3O2S. The number of carbonyl (C=O) groups excluding carboxylic acids is 1. The van der Waals surface area contributed by atoms with Crippen LogP contribution < -0.4 is 10.9 Å². The van der Waals surface area contributed by atoms with Crippen LogP contribution >= 0.6 is 11.8 Å². The third kappa shape index (κ3) is 2.62. The van der Waals surface area contributed by atoms with Crippen LogP contribution in [-0.2, 0) is 17.6 Å². The number of hydrogen-bond donors (Lipinski definition) is 1. The number of amides is 1. The van der Waals surface area contributed by atoms with E-state index in [1.165, 1.54) is 23.9 Å². The number of nitrogens with zero attached hydrogens (tertiary/aromatic N) is 2. The first-order chi connectivity index (χ1) is 11.6. The summed E-state index contributed by atoms with van der Waals surface area (Å²) in [4.78, 5) is 29.5. The Balaban J connectivity index is 1.55. The SMILES string of the molecule is O=C(CC1CSc2nc3c(c(=O)n21)CCC3)Nc1ccccc1F. The van der Waals surface area contributed by atoms with Gasteiger partial charge in [-0.05, 0) is 31.4 Å². The molecule has 2 aliphatic rings. The first-order valence-corrected chi connectivity index (χ1v) is 8.93. The molecule has 5 nitrogen and oxygen atoms in total. The van der Waals surface area contributed by atoms with Gasteiger partial charge < -0.3 is 5.32 Å². The lowest BCUT2D eigenvalue weighted by molar-refractivity contribution is -0.116. The van der Waals surface area contributed by atoms with Crippen LogP contribution in [0.4, 0.5) is 10.1 Å². The van der Waals surface area contributed by atoms with Crippen molar-refractivity contribution in [3.8, 4) is 0 Å². The highest BCUT2D eigenvalue weighted by Crippen LogP contribution is 2.34. The van der Waals surface area contributed by atoms with Crippen molar-refractivity contribution in [1.82, 2.24) is 9.55 Å². The van der Waals surface area contributed by atoms with Crippen molar-refractivity contribution < 1.29 is 9.18 Å². The molecule has 0 saturated heterocycles. The Morgan fingerprint density at radius 1 is 1.38 bits per heavy atom. The summed E-state index contributed by atoms with van der Waals surface area (Å²) in [5, 5.41) is 3.28. The molecule has 0 spiro atoms. The molecule has 0 saturated carbocycles. The molecule has 1 aliphatic carbocycles. The number of rotatable bonds is 3. The summed E-state index contributed by atoms with van der Waals surface area (Å²) in [6, 6.07) is 5.82. The van der Waals surface area contributed by atoms with Crippen LogP contribution in [0.15, 0.2) is 34.2 Å². The molecule has 124 valence electrons. The van der Waals surface area contributed by atoms with E-state index in [9.17, 15) is 14.0 Å². The van der Waals surface area contributed by atoms with Crippen molar-refractivity contribution in [3.63, 3.8) is 0 Å². The van der Waals surface area contributed by atoms with Crippen LogP contribution in [0, 0.1) is 5.82 Å². The Bertz CT molecular complexity index is 881. The van der Waals surface area contributed by atoms with Gasteiger partial charge in [0.2, 0.25) is 5.91 Å². The maximum atomic E-state index is 13.6. The average molecular weight is 345 g/mol. The minimum Gasteiger partial charge on any atom is -0.324 e. The predicted molar refractivity (Wildman–Crippen MR) is 89.9 cm³/mol. The van der Waals surface area contributed by atoms with Crippen LogP contribution in [0.1, 0.15) is 30.1 Å². The van der Waals surface area contributed by atoms with Crippen LogP contribution in [0.5, 0.6) is 0 Å². The second kappa shape index (κ2) is 6.05. The number of fused-ring (bicyclic) bond motifs is 2. The topological polar surface area (TPSA) is 64.0 Å². The first-order valence-electron chi connectivity index (χ1n) is 7.95. The molecule has 2 heterocycles. The van der Waals surface area contributed by atoms with Gasteiger partial charge in [-0.15, -0.1) is 0 Å². The summed E-state index contributed by atoms with van der Waals surface area (Å²) in [6.07, 6.45) is 2.72. The molecule has 1 N–H and O–H groups in total. The zero-order valence-electron chi connectivity index (χ0n) is 12.9. The maximum Gasteiger partial charge on any atom is 0.257 e. The van der Waals surface area contributed by atoms with Gasteiger partial charge in [0.25, 0.3) is 5.56 Å². The van der Waals surface area contributed by atoms with E-state index in [0.29, 0.717) is 10.9 Å². The summed E-state index contributed by atoms with van der Waals surface area (Å²) >= 11 is 1.51. The number of benzene rings is 1. The fourth-order valence-corrected chi connectivity index (χ4v) is 4.43. The van der Waals surface area contributed by atoms with Crippen molar-refractivity contribution in [2.75, 3.05) is 11.1 Å². The van der Waals surface area contributed by atoms with Gasteiger partial charge >= 0.3 is 0 Å². The van der Waals surface area contributed by atoms with Crippen molar-refractivity contribution >= 4 is 23.4 Å². The predicted octanol–water partition coefficient (Wildman–Crippen LogP) is 2.55. The minimum atomic E-state index is -0.469. The van der Waals surface area contributed by atoms with Crippen molar-refractivity contribution in [2.45, 2.75) is 36.9 Å². The van der Waals surface area contributed by atoms with Crippen LogP contribution in [-0.4, -0.2) is 21.2 Å². The summed E-state index contributed by atoms with van der Waals surface area (Å²) in [7, 11) is 0. The summed E-state index contributed by atoms with van der Waals surface area (Å²) in [5.41, 5.74) is 1.85. The zero-order valence-corrected chi connectivity index (χ0v) is 13.7. The molecule has 1 aromatic heterocycles. The fraction of sp³-hybridized carbons (Fsp3) is 0.353. The zero-order chi connectivity index (χ0) is 16.7.